The van der Waals surface area contributed by atoms with Crippen molar-refractivity contribution in [3.05, 3.63) is 117 Å². The van der Waals surface area contributed by atoms with Gasteiger partial charge in [0.1, 0.15) is 19.3 Å². The average molecular weight is 624 g/mol. The van der Waals surface area contributed by atoms with Crippen LogP contribution in [-0.4, -0.2) is 34.5 Å². The van der Waals surface area contributed by atoms with Crippen molar-refractivity contribution in [3.63, 3.8) is 0 Å². The van der Waals surface area contributed by atoms with E-state index in [2.05, 4.69) is 11.9 Å². The Kier molecular flexibility index (Phi) is 9.41. The summed E-state index contributed by atoms with van der Waals surface area (Å²) in [6.45, 7) is 5.80. The third kappa shape index (κ3) is 6.43. The van der Waals surface area contributed by atoms with Crippen LogP contribution >= 0.6 is 35.0 Å². The first kappa shape index (κ1) is 29.6. The Morgan fingerprint density at radius 1 is 1.07 bits per heavy atom. The van der Waals surface area contributed by atoms with E-state index in [1.54, 1.807) is 17.9 Å². The number of aromatic nitrogens is 3. The molecule has 5 rings (SSSR count). The molecular formula is C31H28Cl2N4O4S. The number of carbonyl (C=O) groups excluding carboxylic acids is 1. The van der Waals surface area contributed by atoms with E-state index in [-0.39, 0.29) is 13.2 Å². The first-order chi connectivity index (χ1) is 20.4. The molecule has 0 bridgehead atoms. The highest BCUT2D eigenvalue weighted by Crippen LogP contribution is 2.40. The van der Waals surface area contributed by atoms with E-state index >= 15 is 0 Å². The van der Waals surface area contributed by atoms with Crippen LogP contribution in [0.4, 0.5) is 5.95 Å². The number of halogens is 2. The van der Waals surface area contributed by atoms with Gasteiger partial charge in [-0.05, 0) is 42.3 Å². The van der Waals surface area contributed by atoms with E-state index in [9.17, 15) is 4.79 Å². The van der Waals surface area contributed by atoms with Crippen LogP contribution in [0.2, 0.25) is 10.0 Å². The van der Waals surface area contributed by atoms with Crippen LogP contribution in [-0.2, 0) is 21.9 Å². The van der Waals surface area contributed by atoms with Crippen LogP contribution < -0.4 is 14.8 Å². The molecule has 4 aromatic rings. The minimum atomic E-state index is -0.646. The fraction of sp³-hybridized carbons (Fsp3) is 0.194. The zero-order chi connectivity index (χ0) is 29.6. The lowest BCUT2D eigenvalue weighted by molar-refractivity contribution is -0.138. The number of ether oxygens (including phenoxy) is 3. The second kappa shape index (κ2) is 13.4. The second-order valence-electron chi connectivity index (χ2n) is 9.29. The predicted molar refractivity (Wildman–Crippen MR) is 165 cm³/mol. The van der Waals surface area contributed by atoms with Gasteiger partial charge in [-0.2, -0.15) is 4.98 Å². The summed E-state index contributed by atoms with van der Waals surface area (Å²) < 4.78 is 18.9. The quantitative estimate of drug-likeness (QED) is 0.105. The van der Waals surface area contributed by atoms with Crippen LogP contribution in [0.15, 0.2) is 95.8 Å². The van der Waals surface area contributed by atoms with Gasteiger partial charge < -0.3 is 19.5 Å². The molecule has 42 heavy (non-hydrogen) atoms. The van der Waals surface area contributed by atoms with Crippen LogP contribution in [0.5, 0.6) is 11.5 Å². The van der Waals surface area contributed by atoms with Crippen molar-refractivity contribution < 1.29 is 19.0 Å². The summed E-state index contributed by atoms with van der Waals surface area (Å²) in [7, 11) is 1.56. The number of esters is 1. The Balaban J connectivity index is 1.48. The number of nitrogens with one attached hydrogen (secondary N) is 1. The lowest BCUT2D eigenvalue weighted by Crippen LogP contribution is -2.29. The van der Waals surface area contributed by atoms with E-state index in [0.29, 0.717) is 49.7 Å². The molecule has 8 nitrogen and oxygen atoms in total. The van der Waals surface area contributed by atoms with Crippen molar-refractivity contribution in [3.8, 4) is 11.5 Å². The highest BCUT2D eigenvalue weighted by atomic mass is 35.5. The largest absolute Gasteiger partial charge is 0.493 e. The van der Waals surface area contributed by atoms with Gasteiger partial charge >= 0.3 is 5.97 Å². The predicted octanol–water partition coefficient (Wildman–Crippen LogP) is 7.48. The molecule has 0 aliphatic carbocycles. The fourth-order valence-electron chi connectivity index (χ4n) is 4.48. The Morgan fingerprint density at radius 2 is 1.79 bits per heavy atom. The summed E-state index contributed by atoms with van der Waals surface area (Å²) in [6, 6.07) is 20.0. The number of hydrogen-bond acceptors (Lipinski definition) is 8. The number of methoxy groups -OCH3 is 1. The summed E-state index contributed by atoms with van der Waals surface area (Å²) in [5, 5.41) is 9.82. The maximum absolute atomic E-state index is 13.3. The summed E-state index contributed by atoms with van der Waals surface area (Å²) in [4.78, 5) is 18.0. The van der Waals surface area contributed by atoms with E-state index in [1.165, 1.54) is 17.8 Å². The van der Waals surface area contributed by atoms with E-state index in [1.807, 2.05) is 67.6 Å². The van der Waals surface area contributed by atoms with Crippen molar-refractivity contribution in [2.45, 2.75) is 30.5 Å². The number of carbonyl (C=O) groups is 1. The van der Waals surface area contributed by atoms with Crippen LogP contribution in [0.3, 0.4) is 0 Å². The molecule has 216 valence electrons. The summed E-state index contributed by atoms with van der Waals surface area (Å²) in [5.41, 5.74) is 3.56. The van der Waals surface area contributed by atoms with Gasteiger partial charge in [0.25, 0.3) is 0 Å². The molecule has 0 radical (unpaired) electrons. The monoisotopic (exact) mass is 622 g/mol. The minimum Gasteiger partial charge on any atom is -0.493 e. The zero-order valence-corrected chi connectivity index (χ0v) is 25.3. The molecule has 1 atom stereocenters. The standard InChI is InChI=1S/C31H28Cl2N4O4S/c1-4-15-40-29(38)27-19(2)34-30-35-31(42-18-22-10-6-8-12-24(22)33)36-37(30)28(27)20-13-14-25(26(16-20)39-3)41-17-21-9-5-7-11-23(21)32/h4-14,16,28H,1,15,17-18H2,2-3H3,(H,34,35,36). The molecule has 0 amide bonds. The number of allylic oxidation sites excluding steroid dienone is 1. The Morgan fingerprint density at radius 3 is 2.48 bits per heavy atom. The number of rotatable bonds is 11. The Labute approximate surface area is 258 Å². The van der Waals surface area contributed by atoms with Crippen molar-refractivity contribution in [1.29, 1.82) is 0 Å². The van der Waals surface area contributed by atoms with Gasteiger partial charge in [-0.1, -0.05) is 90.1 Å². The van der Waals surface area contributed by atoms with Gasteiger partial charge in [-0.25, -0.2) is 9.48 Å². The lowest BCUT2D eigenvalue weighted by atomic mass is 9.95. The van der Waals surface area contributed by atoms with Gasteiger partial charge in [0.05, 0.1) is 12.7 Å². The van der Waals surface area contributed by atoms with Crippen LogP contribution in [0, 0.1) is 0 Å². The van der Waals surface area contributed by atoms with Crippen molar-refractivity contribution >= 4 is 46.9 Å². The van der Waals surface area contributed by atoms with Gasteiger partial charge in [-0.15, -0.1) is 5.10 Å². The smallest absolute Gasteiger partial charge is 0.338 e. The third-order valence-electron chi connectivity index (χ3n) is 6.54. The molecule has 3 aromatic carbocycles. The Hall–Kier alpha value is -3.92. The van der Waals surface area contributed by atoms with E-state index in [4.69, 9.17) is 47.5 Å². The van der Waals surface area contributed by atoms with Crippen molar-refractivity contribution in [1.82, 2.24) is 14.8 Å². The SMILES string of the molecule is C=CCOC(=O)C1=C(C)Nc2nc(SCc3ccccc3Cl)nn2C1c1ccc(OCc2ccccc2Cl)c(OC)c1. The molecule has 1 aromatic heterocycles. The van der Waals surface area contributed by atoms with Crippen molar-refractivity contribution in [2.24, 2.45) is 0 Å². The summed E-state index contributed by atoms with van der Waals surface area (Å²) >= 11 is 14.1. The van der Waals surface area contributed by atoms with Gasteiger partial charge in [-0.3, -0.25) is 0 Å². The van der Waals surface area contributed by atoms with Crippen molar-refractivity contribution in [2.75, 3.05) is 19.0 Å². The second-order valence-corrected chi connectivity index (χ2v) is 11.0. The zero-order valence-electron chi connectivity index (χ0n) is 23.0. The highest BCUT2D eigenvalue weighted by Gasteiger charge is 2.35. The average Bonchev–Trinajstić information content (AvgIpc) is 3.40. The topological polar surface area (TPSA) is 87.5 Å². The molecule has 1 aliphatic heterocycles. The fourth-order valence-corrected chi connectivity index (χ4v) is 5.78. The molecule has 0 spiro atoms. The number of anilines is 1. The first-order valence-electron chi connectivity index (χ1n) is 13.0. The highest BCUT2D eigenvalue weighted by molar-refractivity contribution is 7.98. The molecule has 1 aliphatic rings. The van der Waals surface area contributed by atoms with Crippen LogP contribution in [0.1, 0.15) is 29.7 Å². The number of nitrogens with zero attached hydrogens (tertiary/aromatic N) is 3. The normalized spacial score (nSPS) is 14.1. The Bertz CT molecular complexity index is 1660. The third-order valence-corrected chi connectivity index (χ3v) is 8.17. The molecule has 1 N–H and O–H groups in total. The number of thioether (sulfide) groups is 1. The lowest BCUT2D eigenvalue weighted by Gasteiger charge is -2.28. The van der Waals surface area contributed by atoms with Gasteiger partial charge in [0, 0.05) is 27.1 Å². The number of hydrogen-bond donors (Lipinski definition) is 1. The number of fused-ring (bicyclic) bond motifs is 1. The van der Waals surface area contributed by atoms with Gasteiger partial charge in [0.2, 0.25) is 11.1 Å². The van der Waals surface area contributed by atoms with Crippen LogP contribution in [0.25, 0.3) is 0 Å². The molecule has 11 heteroatoms. The van der Waals surface area contributed by atoms with Gasteiger partial charge in [0.15, 0.2) is 11.5 Å². The van der Waals surface area contributed by atoms with E-state index < -0.39 is 12.0 Å². The molecule has 0 fully saturated rings. The molecule has 0 saturated heterocycles. The maximum Gasteiger partial charge on any atom is 0.338 e. The maximum atomic E-state index is 13.3. The molecule has 0 saturated carbocycles. The number of benzene rings is 3. The minimum absolute atomic E-state index is 0.0730. The molecule has 2 heterocycles. The summed E-state index contributed by atoms with van der Waals surface area (Å²) in [6.07, 6.45) is 1.53. The summed E-state index contributed by atoms with van der Waals surface area (Å²) in [5.74, 6) is 1.61. The first-order valence-corrected chi connectivity index (χ1v) is 14.8. The molecular weight excluding hydrogens is 595 g/mol. The molecule has 1 unspecified atom stereocenters. The van der Waals surface area contributed by atoms with E-state index in [0.717, 1.165) is 16.7 Å².